The lowest BCUT2D eigenvalue weighted by Gasteiger charge is -2.39. The normalized spacial score (nSPS) is 29.1. The number of ether oxygens (including phenoxy) is 1. The highest BCUT2D eigenvalue weighted by atomic mass is 16.5. The van der Waals surface area contributed by atoms with Crippen molar-refractivity contribution in [1.82, 2.24) is 0 Å². The van der Waals surface area contributed by atoms with Crippen molar-refractivity contribution in [2.24, 2.45) is 17.6 Å². The molecule has 4 nitrogen and oxygen atoms in total. The summed E-state index contributed by atoms with van der Waals surface area (Å²) in [5, 5.41) is 11.9. The Morgan fingerprint density at radius 2 is 1.92 bits per heavy atom. The van der Waals surface area contributed by atoms with Gasteiger partial charge >= 0.3 is 0 Å². The maximum atomic E-state index is 12.8. The molecule has 0 amide bonds. The molecule has 4 heteroatoms. The van der Waals surface area contributed by atoms with E-state index in [0.717, 1.165) is 16.3 Å². The number of carbonyl (C=O) groups excluding carboxylic acids is 1. The molecule has 0 spiro atoms. The molecule has 2 aromatic carbocycles. The van der Waals surface area contributed by atoms with Crippen LogP contribution in [0.25, 0.3) is 10.8 Å². The Balaban J connectivity index is 1.89. The Kier molecular flexibility index (Phi) is 3.82. The highest BCUT2D eigenvalue weighted by Crippen LogP contribution is 2.45. The zero-order valence-corrected chi connectivity index (χ0v) is 14.1. The Labute approximate surface area is 146 Å². The van der Waals surface area contributed by atoms with Crippen LogP contribution in [0.2, 0.25) is 0 Å². The first-order chi connectivity index (χ1) is 12.1. The third kappa shape index (κ3) is 2.61. The van der Waals surface area contributed by atoms with Crippen LogP contribution in [0, 0.1) is 23.2 Å². The van der Waals surface area contributed by atoms with Crippen LogP contribution in [0.3, 0.4) is 0 Å². The van der Waals surface area contributed by atoms with Gasteiger partial charge in [0.15, 0.2) is 12.0 Å². The number of hydrogen-bond acceptors (Lipinski definition) is 4. The highest BCUT2D eigenvalue weighted by Gasteiger charge is 2.44. The lowest BCUT2D eigenvalue weighted by Crippen LogP contribution is -2.43. The number of benzene rings is 2. The van der Waals surface area contributed by atoms with Gasteiger partial charge in [-0.15, -0.1) is 0 Å². The van der Waals surface area contributed by atoms with Crippen molar-refractivity contribution >= 4 is 16.6 Å². The minimum atomic E-state index is -0.710. The second-order valence-corrected chi connectivity index (χ2v) is 7.10. The first-order valence-corrected chi connectivity index (χ1v) is 8.65. The van der Waals surface area contributed by atoms with Gasteiger partial charge < -0.3 is 4.74 Å². The number of fused-ring (bicyclic) bond motifs is 1. The van der Waals surface area contributed by atoms with Gasteiger partial charge in [0.2, 0.25) is 0 Å². The molecule has 1 aliphatic heterocycles. The lowest BCUT2D eigenvalue weighted by atomic mass is 9.72. The summed E-state index contributed by atoms with van der Waals surface area (Å²) in [5.41, 5.74) is 7.75. The molecule has 2 aliphatic rings. The molecule has 0 saturated heterocycles. The Morgan fingerprint density at radius 3 is 2.68 bits per heavy atom. The quantitative estimate of drug-likeness (QED) is 0.865. The fourth-order valence-corrected chi connectivity index (χ4v) is 4.07. The van der Waals surface area contributed by atoms with Crippen LogP contribution in [0.4, 0.5) is 0 Å². The molecule has 0 fully saturated rings. The average Bonchev–Trinajstić information content (AvgIpc) is 2.59. The Hall–Kier alpha value is -2.64. The zero-order valence-electron chi connectivity index (χ0n) is 14.1. The van der Waals surface area contributed by atoms with Crippen molar-refractivity contribution in [2.75, 3.05) is 0 Å². The summed E-state index contributed by atoms with van der Waals surface area (Å²) < 4.78 is 5.79. The number of hydrogen-bond donors (Lipinski definition) is 1. The van der Waals surface area contributed by atoms with Gasteiger partial charge in [0.05, 0.1) is 6.07 Å². The van der Waals surface area contributed by atoms with Crippen molar-refractivity contribution in [3.05, 3.63) is 59.4 Å². The fraction of sp³-hybridized carbons (Fsp3) is 0.333. The maximum Gasteiger partial charge on any atom is 0.164 e. The summed E-state index contributed by atoms with van der Waals surface area (Å²) in [6, 6.07) is 16.5. The summed E-state index contributed by atoms with van der Waals surface area (Å²) in [6.07, 6.45) is 0.495. The maximum absolute atomic E-state index is 12.8. The van der Waals surface area contributed by atoms with Crippen molar-refractivity contribution in [2.45, 2.75) is 31.9 Å². The van der Waals surface area contributed by atoms with E-state index >= 15 is 0 Å². The number of Topliss-reactive ketones (excluding diaryl/α,β-unsaturated/α-hetero) is 1. The molecule has 0 saturated carbocycles. The SMILES string of the molecule is C[C@H]1CC(=O)C2=C(C1)O[C@@H](N)[C@@H](C#N)[C@@H]2c1ccc2ccccc2c1. The number of allylic oxidation sites excluding steroid dienone is 2. The van der Waals surface area contributed by atoms with E-state index in [4.69, 9.17) is 10.5 Å². The highest BCUT2D eigenvalue weighted by molar-refractivity contribution is 5.99. The molecule has 1 aliphatic carbocycles. The number of rotatable bonds is 1. The predicted octanol–water partition coefficient (Wildman–Crippen LogP) is 3.63. The summed E-state index contributed by atoms with van der Waals surface area (Å²) in [7, 11) is 0. The van der Waals surface area contributed by atoms with Crippen LogP contribution in [-0.4, -0.2) is 12.0 Å². The second kappa shape index (κ2) is 6.02. The van der Waals surface area contributed by atoms with Crippen molar-refractivity contribution in [1.29, 1.82) is 5.26 Å². The molecule has 4 atom stereocenters. The van der Waals surface area contributed by atoms with E-state index in [2.05, 4.69) is 18.2 Å². The smallest absolute Gasteiger partial charge is 0.164 e. The summed E-state index contributed by atoms with van der Waals surface area (Å²) in [4.78, 5) is 12.8. The zero-order chi connectivity index (χ0) is 17.6. The summed E-state index contributed by atoms with van der Waals surface area (Å²) in [5.74, 6) is 0.111. The Bertz CT molecular complexity index is 925. The van der Waals surface area contributed by atoms with Crippen molar-refractivity contribution < 1.29 is 9.53 Å². The van der Waals surface area contributed by atoms with Gasteiger partial charge in [-0.25, -0.2) is 0 Å². The second-order valence-electron chi connectivity index (χ2n) is 7.10. The van der Waals surface area contributed by atoms with Crippen molar-refractivity contribution in [3.63, 3.8) is 0 Å². The molecule has 0 aromatic heterocycles. The third-order valence-electron chi connectivity index (χ3n) is 5.25. The molecule has 2 N–H and O–H groups in total. The summed E-state index contributed by atoms with van der Waals surface area (Å²) >= 11 is 0. The van der Waals surface area contributed by atoms with Gasteiger partial charge in [0, 0.05) is 24.3 Å². The van der Waals surface area contributed by atoms with E-state index < -0.39 is 12.1 Å². The average molecular weight is 332 g/mol. The predicted molar refractivity (Wildman–Crippen MR) is 95.3 cm³/mol. The topological polar surface area (TPSA) is 76.1 Å². The van der Waals surface area contributed by atoms with Crippen LogP contribution < -0.4 is 5.73 Å². The number of nitriles is 1. The molecular weight excluding hydrogens is 312 g/mol. The molecule has 0 bridgehead atoms. The fourth-order valence-electron chi connectivity index (χ4n) is 4.07. The van der Waals surface area contributed by atoms with Crippen molar-refractivity contribution in [3.8, 4) is 6.07 Å². The number of ketones is 1. The number of nitrogens with zero attached hydrogens (tertiary/aromatic N) is 1. The largest absolute Gasteiger partial charge is 0.478 e. The third-order valence-corrected chi connectivity index (χ3v) is 5.25. The van der Waals surface area contributed by atoms with Gasteiger partial charge in [0.1, 0.15) is 11.7 Å². The summed E-state index contributed by atoms with van der Waals surface area (Å²) in [6.45, 7) is 2.04. The van der Waals surface area contributed by atoms with Crippen LogP contribution in [0.1, 0.15) is 31.2 Å². The molecule has 1 heterocycles. The molecule has 0 radical (unpaired) electrons. The van der Waals surface area contributed by atoms with Gasteiger partial charge in [-0.1, -0.05) is 49.4 Å². The van der Waals surface area contributed by atoms with E-state index in [0.29, 0.717) is 24.2 Å². The molecule has 2 aromatic rings. The van der Waals surface area contributed by atoms with Gasteiger partial charge in [-0.05, 0) is 22.3 Å². The van der Waals surface area contributed by atoms with Crippen LogP contribution in [0.5, 0.6) is 0 Å². The van der Waals surface area contributed by atoms with Gasteiger partial charge in [-0.3, -0.25) is 10.5 Å². The lowest BCUT2D eigenvalue weighted by molar-refractivity contribution is -0.118. The first kappa shape index (κ1) is 15.9. The monoisotopic (exact) mass is 332 g/mol. The standard InChI is InChI=1S/C21H20N2O2/c1-12-8-17(24)20-18(9-12)25-21(23)16(11-22)19(20)15-7-6-13-4-2-3-5-14(13)10-15/h2-7,10,12,16,19,21H,8-9,23H2,1H3/t12-,16-,19-,21+/m0/s1. The number of carbonyl (C=O) groups is 1. The number of nitrogens with two attached hydrogens (primary N) is 1. The molecular formula is C21H20N2O2. The minimum Gasteiger partial charge on any atom is -0.478 e. The Morgan fingerprint density at radius 1 is 1.16 bits per heavy atom. The van der Waals surface area contributed by atoms with Crippen LogP contribution >= 0.6 is 0 Å². The molecule has 0 unspecified atom stereocenters. The van der Waals surface area contributed by atoms with Gasteiger partial charge in [-0.2, -0.15) is 5.26 Å². The van der Waals surface area contributed by atoms with E-state index in [-0.39, 0.29) is 17.6 Å². The van der Waals surface area contributed by atoms with E-state index in [1.54, 1.807) is 0 Å². The van der Waals surface area contributed by atoms with Crippen LogP contribution in [0.15, 0.2) is 53.8 Å². The molecule has 25 heavy (non-hydrogen) atoms. The minimum absolute atomic E-state index is 0.0825. The van der Waals surface area contributed by atoms with Crippen LogP contribution in [-0.2, 0) is 9.53 Å². The van der Waals surface area contributed by atoms with E-state index in [9.17, 15) is 10.1 Å². The molecule has 126 valence electrons. The first-order valence-electron chi connectivity index (χ1n) is 8.65. The van der Waals surface area contributed by atoms with E-state index in [1.807, 2.05) is 37.3 Å². The van der Waals surface area contributed by atoms with E-state index in [1.165, 1.54) is 0 Å². The van der Waals surface area contributed by atoms with Gasteiger partial charge in [0.25, 0.3) is 0 Å². The molecule has 4 rings (SSSR count).